The second-order valence-corrected chi connectivity index (χ2v) is 6.53. The van der Waals surface area contributed by atoms with E-state index in [1.54, 1.807) is 0 Å². The van der Waals surface area contributed by atoms with Gasteiger partial charge in [-0.2, -0.15) is 13.2 Å². The number of alkyl halides is 3. The van der Waals surface area contributed by atoms with Crippen molar-refractivity contribution in [3.8, 4) is 5.75 Å². The monoisotopic (exact) mass is 398 g/mol. The van der Waals surface area contributed by atoms with Crippen LogP contribution in [0.25, 0.3) is 0 Å². The van der Waals surface area contributed by atoms with Crippen molar-refractivity contribution in [2.45, 2.75) is 44.7 Å². The van der Waals surface area contributed by atoms with Gasteiger partial charge in [0.15, 0.2) is 6.61 Å². The summed E-state index contributed by atoms with van der Waals surface area (Å²) in [6, 6.07) is 2.99. The maximum Gasteiger partial charge on any atom is 0.422 e. The predicted molar refractivity (Wildman–Crippen MR) is 93.0 cm³/mol. The van der Waals surface area contributed by atoms with Gasteiger partial charge in [0.1, 0.15) is 11.6 Å². The van der Waals surface area contributed by atoms with Crippen LogP contribution in [0.4, 0.5) is 23.2 Å². The SMILES string of the molecule is Cl.NCC1(CC(=O)Nc2cc(F)ccc2OCC(F)(F)F)CCCCC1. The summed E-state index contributed by atoms with van der Waals surface area (Å²) in [4.78, 5) is 12.3. The van der Waals surface area contributed by atoms with Crippen molar-refractivity contribution in [2.24, 2.45) is 11.1 Å². The van der Waals surface area contributed by atoms with Gasteiger partial charge in [-0.1, -0.05) is 19.3 Å². The Kier molecular flexibility index (Phi) is 8.15. The summed E-state index contributed by atoms with van der Waals surface area (Å²) in [5.74, 6) is -1.31. The van der Waals surface area contributed by atoms with Gasteiger partial charge >= 0.3 is 6.18 Å². The van der Waals surface area contributed by atoms with E-state index < -0.39 is 24.5 Å². The molecule has 2 rings (SSSR count). The van der Waals surface area contributed by atoms with E-state index >= 15 is 0 Å². The minimum atomic E-state index is -4.53. The largest absolute Gasteiger partial charge is 0.482 e. The van der Waals surface area contributed by atoms with Gasteiger partial charge in [0.05, 0.1) is 5.69 Å². The number of nitrogens with two attached hydrogens (primary N) is 1. The average molecular weight is 399 g/mol. The highest BCUT2D eigenvalue weighted by atomic mass is 35.5. The van der Waals surface area contributed by atoms with Crippen LogP contribution >= 0.6 is 12.4 Å². The first-order valence-electron chi connectivity index (χ1n) is 8.22. The van der Waals surface area contributed by atoms with Gasteiger partial charge in [-0.25, -0.2) is 4.39 Å². The van der Waals surface area contributed by atoms with Crippen LogP contribution in [0, 0.1) is 11.2 Å². The third-order valence-corrected chi connectivity index (χ3v) is 4.49. The maximum atomic E-state index is 13.4. The summed E-state index contributed by atoms with van der Waals surface area (Å²) in [5.41, 5.74) is 5.42. The average Bonchev–Trinajstić information content (AvgIpc) is 2.54. The maximum absolute atomic E-state index is 13.4. The van der Waals surface area contributed by atoms with Gasteiger partial charge in [0.2, 0.25) is 5.91 Å². The first-order chi connectivity index (χ1) is 11.7. The second kappa shape index (κ2) is 9.41. The number of nitrogens with one attached hydrogen (secondary N) is 1. The molecule has 0 heterocycles. The van der Waals surface area contributed by atoms with Crippen LogP contribution < -0.4 is 15.8 Å². The van der Waals surface area contributed by atoms with Crippen molar-refractivity contribution < 1.29 is 27.1 Å². The highest BCUT2D eigenvalue weighted by Crippen LogP contribution is 2.39. The number of carbonyl (C=O) groups is 1. The molecule has 1 aliphatic carbocycles. The molecule has 1 aromatic rings. The van der Waals surface area contributed by atoms with Crippen LogP contribution in [0.15, 0.2) is 18.2 Å². The number of amides is 1. The van der Waals surface area contributed by atoms with Crippen molar-refractivity contribution in [3.05, 3.63) is 24.0 Å². The van der Waals surface area contributed by atoms with E-state index in [1.165, 1.54) is 0 Å². The smallest absolute Gasteiger partial charge is 0.422 e. The number of anilines is 1. The van der Waals surface area contributed by atoms with E-state index in [0.717, 1.165) is 50.3 Å². The Bertz CT molecular complexity index is 605. The number of ether oxygens (including phenoxy) is 1. The van der Waals surface area contributed by atoms with E-state index in [-0.39, 0.29) is 35.7 Å². The zero-order valence-corrected chi connectivity index (χ0v) is 15.0. The van der Waals surface area contributed by atoms with Crippen LogP contribution in [0.3, 0.4) is 0 Å². The summed E-state index contributed by atoms with van der Waals surface area (Å²) in [6.07, 6.45) is 0.368. The molecule has 1 aliphatic rings. The van der Waals surface area contributed by atoms with Gasteiger partial charge < -0.3 is 15.8 Å². The lowest BCUT2D eigenvalue weighted by Gasteiger charge is -2.35. The van der Waals surface area contributed by atoms with Crippen LogP contribution in [-0.4, -0.2) is 25.2 Å². The zero-order chi connectivity index (χ0) is 18.5. The van der Waals surface area contributed by atoms with E-state index in [0.29, 0.717) is 6.54 Å². The van der Waals surface area contributed by atoms with Crippen LogP contribution in [0.5, 0.6) is 5.75 Å². The lowest BCUT2D eigenvalue weighted by atomic mass is 9.71. The number of hydrogen-bond donors (Lipinski definition) is 2. The fraction of sp³-hybridized carbons (Fsp3) is 0.588. The second-order valence-electron chi connectivity index (χ2n) is 6.53. The number of benzene rings is 1. The fourth-order valence-electron chi connectivity index (χ4n) is 3.18. The summed E-state index contributed by atoms with van der Waals surface area (Å²) in [7, 11) is 0. The molecule has 1 aromatic carbocycles. The first kappa shape index (κ1) is 22.5. The molecule has 4 nitrogen and oxygen atoms in total. The Morgan fingerprint density at radius 1 is 1.23 bits per heavy atom. The van der Waals surface area contributed by atoms with Crippen molar-refractivity contribution in [2.75, 3.05) is 18.5 Å². The summed E-state index contributed by atoms with van der Waals surface area (Å²) in [6.45, 7) is -1.16. The highest BCUT2D eigenvalue weighted by molar-refractivity contribution is 5.92. The van der Waals surface area contributed by atoms with E-state index in [1.807, 2.05) is 0 Å². The van der Waals surface area contributed by atoms with E-state index in [9.17, 15) is 22.4 Å². The number of halogens is 5. The lowest BCUT2D eigenvalue weighted by molar-refractivity contribution is -0.153. The number of rotatable bonds is 6. The molecule has 1 fully saturated rings. The number of carbonyl (C=O) groups excluding carboxylic acids is 1. The summed E-state index contributed by atoms with van der Waals surface area (Å²) in [5, 5.41) is 2.47. The molecule has 0 aromatic heterocycles. The molecule has 0 atom stereocenters. The molecule has 0 radical (unpaired) electrons. The Morgan fingerprint density at radius 3 is 2.46 bits per heavy atom. The van der Waals surface area contributed by atoms with Gasteiger partial charge in [0.25, 0.3) is 0 Å². The topological polar surface area (TPSA) is 64.4 Å². The first-order valence-corrected chi connectivity index (χ1v) is 8.22. The lowest BCUT2D eigenvalue weighted by Crippen LogP contribution is -2.36. The molecule has 1 amide bonds. The molecule has 148 valence electrons. The third-order valence-electron chi connectivity index (χ3n) is 4.49. The third kappa shape index (κ3) is 6.64. The minimum Gasteiger partial charge on any atom is -0.482 e. The molecule has 0 saturated heterocycles. The molecule has 9 heteroatoms. The normalized spacial score (nSPS) is 16.5. The molecule has 0 spiro atoms. The summed E-state index contributed by atoms with van der Waals surface area (Å²) >= 11 is 0. The minimum absolute atomic E-state index is 0. The summed E-state index contributed by atoms with van der Waals surface area (Å²) < 4.78 is 55.0. The molecule has 0 bridgehead atoms. The molecule has 0 unspecified atom stereocenters. The fourth-order valence-corrected chi connectivity index (χ4v) is 3.18. The molecular weight excluding hydrogens is 376 g/mol. The van der Waals surface area contributed by atoms with Crippen molar-refractivity contribution >= 4 is 24.0 Å². The Balaban J connectivity index is 0.00000338. The number of hydrogen-bond acceptors (Lipinski definition) is 3. The highest BCUT2D eigenvalue weighted by Gasteiger charge is 2.33. The Hall–Kier alpha value is -1.54. The van der Waals surface area contributed by atoms with Crippen molar-refractivity contribution in [1.82, 2.24) is 0 Å². The Labute approximate surface area is 155 Å². The molecule has 1 saturated carbocycles. The van der Waals surface area contributed by atoms with E-state index in [4.69, 9.17) is 5.73 Å². The molecular formula is C17H23ClF4N2O2. The Morgan fingerprint density at radius 2 is 1.88 bits per heavy atom. The van der Waals surface area contributed by atoms with Gasteiger partial charge in [-0.05, 0) is 36.9 Å². The van der Waals surface area contributed by atoms with Crippen LogP contribution in [0.1, 0.15) is 38.5 Å². The van der Waals surface area contributed by atoms with Gasteiger partial charge in [0, 0.05) is 12.5 Å². The van der Waals surface area contributed by atoms with Gasteiger partial charge in [-0.15, -0.1) is 12.4 Å². The predicted octanol–water partition coefficient (Wildman–Crippen LogP) is 4.43. The van der Waals surface area contributed by atoms with Crippen LogP contribution in [0.2, 0.25) is 0 Å². The standard InChI is InChI=1S/C17H22F4N2O2.ClH/c18-12-4-5-14(25-11-17(19,20)21)13(8-12)23-15(24)9-16(10-22)6-2-1-3-7-16;/h4-5,8H,1-3,6-7,9-11,22H2,(H,23,24);1H. The van der Waals surface area contributed by atoms with E-state index in [2.05, 4.69) is 10.1 Å². The van der Waals surface area contributed by atoms with Crippen LogP contribution in [-0.2, 0) is 4.79 Å². The van der Waals surface area contributed by atoms with Crippen molar-refractivity contribution in [1.29, 1.82) is 0 Å². The molecule has 3 N–H and O–H groups in total. The molecule has 0 aliphatic heterocycles. The zero-order valence-electron chi connectivity index (χ0n) is 14.2. The quantitative estimate of drug-likeness (QED) is 0.697. The van der Waals surface area contributed by atoms with Crippen molar-refractivity contribution in [3.63, 3.8) is 0 Å². The molecule has 26 heavy (non-hydrogen) atoms. The van der Waals surface area contributed by atoms with Gasteiger partial charge in [-0.3, -0.25) is 4.79 Å².